The van der Waals surface area contributed by atoms with Gasteiger partial charge < -0.3 is 4.74 Å². The van der Waals surface area contributed by atoms with Crippen LogP contribution in [0.25, 0.3) is 0 Å². The van der Waals surface area contributed by atoms with Gasteiger partial charge in [0.05, 0.1) is 6.54 Å². The average Bonchev–Trinajstić information content (AvgIpc) is 2.86. The van der Waals surface area contributed by atoms with Gasteiger partial charge in [0.15, 0.2) is 5.90 Å². The Hall–Kier alpha value is -0.530. The average molecular weight is 281 g/mol. The molecule has 0 aromatic rings. The number of hydrogen-bond donors (Lipinski definition) is 0. The third-order valence-corrected chi connectivity index (χ3v) is 4.11. The van der Waals surface area contributed by atoms with E-state index in [1.54, 1.807) is 0 Å². The SMILES string of the molecule is CCCCCCCCCCCCCCC1=NCC(C)O1. The second kappa shape index (κ2) is 12.2. The van der Waals surface area contributed by atoms with E-state index in [4.69, 9.17) is 4.74 Å². The molecule has 2 heteroatoms. The maximum atomic E-state index is 5.61. The van der Waals surface area contributed by atoms with E-state index in [0.29, 0.717) is 6.10 Å². The van der Waals surface area contributed by atoms with Crippen molar-refractivity contribution in [3.8, 4) is 0 Å². The molecule has 1 atom stereocenters. The summed E-state index contributed by atoms with van der Waals surface area (Å²) in [6, 6.07) is 0. The quantitative estimate of drug-likeness (QED) is 0.385. The first-order valence-electron chi connectivity index (χ1n) is 9.03. The van der Waals surface area contributed by atoms with E-state index in [-0.39, 0.29) is 0 Å². The van der Waals surface area contributed by atoms with Crippen molar-refractivity contribution in [2.24, 2.45) is 4.99 Å². The smallest absolute Gasteiger partial charge is 0.183 e. The number of nitrogens with zero attached hydrogens (tertiary/aromatic N) is 1. The summed E-state index contributed by atoms with van der Waals surface area (Å²) < 4.78 is 5.61. The fourth-order valence-electron chi connectivity index (χ4n) is 2.79. The Morgan fingerprint density at radius 1 is 0.850 bits per heavy atom. The highest BCUT2D eigenvalue weighted by Crippen LogP contribution is 2.14. The monoisotopic (exact) mass is 281 g/mol. The van der Waals surface area contributed by atoms with Crippen LogP contribution in [0.3, 0.4) is 0 Å². The Kier molecular flexibility index (Phi) is 10.7. The molecule has 1 aliphatic rings. The second-order valence-corrected chi connectivity index (χ2v) is 6.30. The second-order valence-electron chi connectivity index (χ2n) is 6.30. The Labute approximate surface area is 126 Å². The van der Waals surface area contributed by atoms with Crippen LogP contribution in [0.4, 0.5) is 0 Å². The first-order valence-corrected chi connectivity index (χ1v) is 9.03. The van der Waals surface area contributed by atoms with E-state index < -0.39 is 0 Å². The summed E-state index contributed by atoms with van der Waals surface area (Å²) in [6.45, 7) is 5.25. The summed E-state index contributed by atoms with van der Waals surface area (Å²) in [4.78, 5) is 4.40. The fraction of sp³-hybridized carbons (Fsp3) is 0.944. The molecule has 0 amide bonds. The number of ether oxygens (including phenoxy) is 1. The van der Waals surface area contributed by atoms with Crippen LogP contribution in [-0.2, 0) is 4.74 Å². The van der Waals surface area contributed by atoms with Crippen molar-refractivity contribution in [1.82, 2.24) is 0 Å². The Bertz CT molecular complexity index is 250. The van der Waals surface area contributed by atoms with Gasteiger partial charge in [-0.05, 0) is 13.3 Å². The Morgan fingerprint density at radius 2 is 1.35 bits per heavy atom. The highest BCUT2D eigenvalue weighted by Gasteiger charge is 2.13. The molecule has 0 spiro atoms. The summed E-state index contributed by atoms with van der Waals surface area (Å²) in [5, 5.41) is 0. The van der Waals surface area contributed by atoms with Gasteiger partial charge in [0.1, 0.15) is 6.10 Å². The van der Waals surface area contributed by atoms with E-state index in [9.17, 15) is 0 Å². The number of rotatable bonds is 13. The van der Waals surface area contributed by atoms with Crippen LogP contribution < -0.4 is 0 Å². The van der Waals surface area contributed by atoms with Crippen molar-refractivity contribution in [2.45, 2.75) is 103 Å². The van der Waals surface area contributed by atoms with E-state index in [1.165, 1.54) is 77.0 Å². The largest absolute Gasteiger partial charge is 0.476 e. The number of unbranched alkanes of at least 4 members (excludes halogenated alkanes) is 11. The molecule has 1 heterocycles. The van der Waals surface area contributed by atoms with Crippen LogP contribution in [0.1, 0.15) is 97.3 Å². The van der Waals surface area contributed by atoms with Crippen LogP contribution in [-0.4, -0.2) is 18.5 Å². The summed E-state index contributed by atoms with van der Waals surface area (Å²) >= 11 is 0. The first-order chi connectivity index (χ1) is 9.83. The lowest BCUT2D eigenvalue weighted by molar-refractivity contribution is 0.238. The van der Waals surface area contributed by atoms with Crippen molar-refractivity contribution in [2.75, 3.05) is 6.54 Å². The van der Waals surface area contributed by atoms with Crippen LogP contribution in [0.15, 0.2) is 4.99 Å². The zero-order chi connectivity index (χ0) is 14.5. The third kappa shape index (κ3) is 9.39. The van der Waals surface area contributed by atoms with Crippen molar-refractivity contribution >= 4 is 5.90 Å². The molecule has 0 aliphatic carbocycles. The normalized spacial score (nSPS) is 18.1. The highest BCUT2D eigenvalue weighted by molar-refractivity contribution is 5.77. The van der Waals surface area contributed by atoms with E-state index in [1.807, 2.05) is 0 Å². The molecule has 20 heavy (non-hydrogen) atoms. The van der Waals surface area contributed by atoms with Crippen molar-refractivity contribution in [3.63, 3.8) is 0 Å². The minimum absolute atomic E-state index is 0.322. The lowest BCUT2D eigenvalue weighted by Gasteiger charge is -2.05. The zero-order valence-electron chi connectivity index (χ0n) is 13.8. The summed E-state index contributed by atoms with van der Waals surface area (Å²) in [5.74, 6) is 1.00. The summed E-state index contributed by atoms with van der Waals surface area (Å²) in [5.41, 5.74) is 0. The maximum Gasteiger partial charge on any atom is 0.183 e. The molecule has 118 valence electrons. The van der Waals surface area contributed by atoms with Gasteiger partial charge in [-0.2, -0.15) is 0 Å². The molecule has 0 aromatic heterocycles. The molecule has 0 bridgehead atoms. The van der Waals surface area contributed by atoms with Gasteiger partial charge in [-0.1, -0.05) is 77.6 Å². The molecular weight excluding hydrogens is 246 g/mol. The Morgan fingerprint density at radius 3 is 1.80 bits per heavy atom. The van der Waals surface area contributed by atoms with Gasteiger partial charge in [-0.25, -0.2) is 0 Å². The minimum atomic E-state index is 0.322. The molecule has 1 rings (SSSR count). The molecule has 1 aliphatic heterocycles. The molecule has 1 unspecified atom stereocenters. The van der Waals surface area contributed by atoms with Crippen LogP contribution in [0.5, 0.6) is 0 Å². The van der Waals surface area contributed by atoms with Crippen LogP contribution in [0.2, 0.25) is 0 Å². The van der Waals surface area contributed by atoms with Crippen molar-refractivity contribution < 1.29 is 4.74 Å². The standard InChI is InChI=1S/C18H35NO/c1-3-4-5-6-7-8-9-10-11-12-13-14-15-18-19-16-17(2)20-18/h17H,3-16H2,1-2H3. The van der Waals surface area contributed by atoms with Crippen LogP contribution in [0, 0.1) is 0 Å². The molecule has 0 radical (unpaired) electrons. The van der Waals surface area contributed by atoms with Gasteiger partial charge >= 0.3 is 0 Å². The van der Waals surface area contributed by atoms with Crippen molar-refractivity contribution in [3.05, 3.63) is 0 Å². The maximum absolute atomic E-state index is 5.61. The topological polar surface area (TPSA) is 21.6 Å². The zero-order valence-corrected chi connectivity index (χ0v) is 13.8. The molecule has 0 saturated carbocycles. The lowest BCUT2D eigenvalue weighted by Crippen LogP contribution is -2.07. The van der Waals surface area contributed by atoms with Gasteiger partial charge in [0.25, 0.3) is 0 Å². The van der Waals surface area contributed by atoms with Crippen molar-refractivity contribution in [1.29, 1.82) is 0 Å². The Balaban J connectivity index is 1.72. The third-order valence-electron chi connectivity index (χ3n) is 4.11. The van der Waals surface area contributed by atoms with E-state index >= 15 is 0 Å². The van der Waals surface area contributed by atoms with Gasteiger partial charge in [-0.3, -0.25) is 4.99 Å². The number of hydrogen-bond acceptors (Lipinski definition) is 2. The van der Waals surface area contributed by atoms with Gasteiger partial charge in [-0.15, -0.1) is 0 Å². The van der Waals surface area contributed by atoms with Gasteiger partial charge in [0, 0.05) is 6.42 Å². The first kappa shape index (κ1) is 17.5. The van der Waals surface area contributed by atoms with Crippen LogP contribution >= 0.6 is 0 Å². The lowest BCUT2D eigenvalue weighted by atomic mass is 10.0. The number of aliphatic imine (C=N–C) groups is 1. The molecule has 2 nitrogen and oxygen atoms in total. The molecule has 0 saturated heterocycles. The fourth-order valence-corrected chi connectivity index (χ4v) is 2.79. The summed E-state index contributed by atoms with van der Waals surface area (Å²) in [7, 11) is 0. The van der Waals surface area contributed by atoms with Gasteiger partial charge in [0.2, 0.25) is 0 Å². The molecule has 0 N–H and O–H groups in total. The summed E-state index contributed by atoms with van der Waals surface area (Å²) in [6.07, 6.45) is 18.2. The predicted octanol–water partition coefficient (Wildman–Crippen LogP) is 5.89. The van der Waals surface area contributed by atoms with E-state index in [2.05, 4.69) is 18.8 Å². The molecule has 0 aromatic carbocycles. The highest BCUT2D eigenvalue weighted by atomic mass is 16.5. The molecular formula is C18H35NO. The van der Waals surface area contributed by atoms with E-state index in [0.717, 1.165) is 18.9 Å². The minimum Gasteiger partial charge on any atom is -0.476 e. The predicted molar refractivity (Wildman–Crippen MR) is 88.5 cm³/mol. The molecule has 0 fully saturated rings.